The summed E-state index contributed by atoms with van der Waals surface area (Å²) in [6.45, 7) is 2.33. The van der Waals surface area contributed by atoms with Gasteiger partial charge in [0, 0.05) is 24.1 Å². The van der Waals surface area contributed by atoms with Gasteiger partial charge in [-0.1, -0.05) is 24.1 Å². The number of hydrogen-bond donors (Lipinski definition) is 1. The third-order valence-corrected chi connectivity index (χ3v) is 3.57. The maximum Gasteiger partial charge on any atom is 0.306 e. The Labute approximate surface area is 118 Å². The molecule has 0 bridgehead atoms. The van der Waals surface area contributed by atoms with Gasteiger partial charge in [0.25, 0.3) is 5.91 Å². The molecule has 1 amide bonds. The van der Waals surface area contributed by atoms with E-state index in [1.165, 1.54) is 0 Å². The molecule has 0 saturated carbocycles. The molecule has 2 atom stereocenters. The highest BCUT2D eigenvalue weighted by Crippen LogP contribution is 2.22. The number of carboxylic acids is 1. The monoisotopic (exact) mass is 271 g/mol. The average molecular weight is 271 g/mol. The van der Waals surface area contributed by atoms with Crippen LogP contribution in [-0.2, 0) is 9.59 Å². The Bertz CT molecular complexity index is 556. The van der Waals surface area contributed by atoms with Crippen LogP contribution in [0.25, 0.3) is 0 Å². The molecule has 1 N–H and O–H groups in total. The average Bonchev–Trinajstić information content (AvgIpc) is 2.45. The first-order valence-electron chi connectivity index (χ1n) is 6.68. The fourth-order valence-corrected chi connectivity index (χ4v) is 2.42. The molecule has 4 nitrogen and oxygen atoms in total. The number of benzene rings is 1. The van der Waals surface area contributed by atoms with E-state index in [1.54, 1.807) is 4.90 Å². The smallest absolute Gasteiger partial charge is 0.306 e. The fraction of sp³-hybridized carbons (Fsp3) is 0.375. The maximum absolute atomic E-state index is 12.1. The number of carboxylic acid groups (broad SMARTS) is 1. The number of likely N-dealkylation sites (tertiary alicyclic amines) is 1. The maximum atomic E-state index is 12.1. The zero-order chi connectivity index (χ0) is 14.5. The lowest BCUT2D eigenvalue weighted by molar-refractivity contribution is -0.146. The third kappa shape index (κ3) is 3.39. The molecular formula is C16H17NO3. The number of carbonyl (C=O) groups is 2. The summed E-state index contributed by atoms with van der Waals surface area (Å²) >= 11 is 0. The van der Waals surface area contributed by atoms with Crippen molar-refractivity contribution in [3.05, 3.63) is 35.9 Å². The standard InChI is InChI=1S/C16H17NO3/c1-12-11-14(16(19)20)9-10-17(12)15(18)8-7-13-5-3-2-4-6-13/h2-6,12,14H,9-11H2,1H3,(H,19,20). The van der Waals surface area contributed by atoms with Crippen LogP contribution in [0.4, 0.5) is 0 Å². The topological polar surface area (TPSA) is 57.6 Å². The quantitative estimate of drug-likeness (QED) is 0.792. The van der Waals surface area contributed by atoms with Crippen molar-refractivity contribution in [3.8, 4) is 11.8 Å². The highest BCUT2D eigenvalue weighted by atomic mass is 16.4. The van der Waals surface area contributed by atoms with E-state index in [-0.39, 0.29) is 17.9 Å². The minimum absolute atomic E-state index is 0.0811. The van der Waals surface area contributed by atoms with Gasteiger partial charge in [-0.15, -0.1) is 0 Å². The summed E-state index contributed by atoms with van der Waals surface area (Å²) in [7, 11) is 0. The summed E-state index contributed by atoms with van der Waals surface area (Å²) in [5, 5.41) is 9.00. The second-order valence-electron chi connectivity index (χ2n) is 5.02. The lowest BCUT2D eigenvalue weighted by Crippen LogP contribution is -2.45. The number of nitrogens with zero attached hydrogens (tertiary/aromatic N) is 1. The Hall–Kier alpha value is -2.28. The predicted octanol–water partition coefficient (Wildman–Crippen LogP) is 1.75. The van der Waals surface area contributed by atoms with Crippen LogP contribution in [0.2, 0.25) is 0 Å². The highest BCUT2D eigenvalue weighted by Gasteiger charge is 2.31. The van der Waals surface area contributed by atoms with Crippen LogP contribution < -0.4 is 0 Å². The highest BCUT2D eigenvalue weighted by molar-refractivity contribution is 5.94. The van der Waals surface area contributed by atoms with Gasteiger partial charge in [0.15, 0.2) is 0 Å². The van der Waals surface area contributed by atoms with Gasteiger partial charge in [-0.05, 0) is 31.9 Å². The Balaban J connectivity index is 2.01. The second kappa shape index (κ2) is 6.25. The molecule has 20 heavy (non-hydrogen) atoms. The number of aliphatic carboxylic acids is 1. The molecule has 0 radical (unpaired) electrons. The van der Waals surface area contributed by atoms with E-state index in [1.807, 2.05) is 37.3 Å². The van der Waals surface area contributed by atoms with Gasteiger partial charge in [-0.25, -0.2) is 0 Å². The molecule has 2 rings (SSSR count). The van der Waals surface area contributed by atoms with Crippen molar-refractivity contribution < 1.29 is 14.7 Å². The molecule has 1 saturated heterocycles. The summed E-state index contributed by atoms with van der Waals surface area (Å²) in [6, 6.07) is 9.25. The summed E-state index contributed by atoms with van der Waals surface area (Å²) < 4.78 is 0. The largest absolute Gasteiger partial charge is 0.481 e. The molecule has 1 aromatic carbocycles. The Morgan fingerprint density at radius 1 is 1.30 bits per heavy atom. The molecular weight excluding hydrogens is 254 g/mol. The molecule has 0 spiro atoms. The zero-order valence-corrected chi connectivity index (χ0v) is 11.4. The summed E-state index contributed by atoms with van der Waals surface area (Å²) in [6.07, 6.45) is 0.993. The lowest BCUT2D eigenvalue weighted by Gasteiger charge is -2.34. The van der Waals surface area contributed by atoms with Gasteiger partial charge in [-0.3, -0.25) is 9.59 Å². The van der Waals surface area contributed by atoms with Crippen LogP contribution in [0.15, 0.2) is 30.3 Å². The van der Waals surface area contributed by atoms with Crippen molar-refractivity contribution in [2.24, 2.45) is 5.92 Å². The van der Waals surface area contributed by atoms with Gasteiger partial charge < -0.3 is 10.0 Å². The Morgan fingerprint density at radius 3 is 2.60 bits per heavy atom. The van der Waals surface area contributed by atoms with Crippen molar-refractivity contribution in [3.63, 3.8) is 0 Å². The van der Waals surface area contributed by atoms with Crippen molar-refractivity contribution in [1.82, 2.24) is 4.90 Å². The van der Waals surface area contributed by atoms with E-state index in [2.05, 4.69) is 11.8 Å². The van der Waals surface area contributed by atoms with Crippen LogP contribution in [0.1, 0.15) is 25.3 Å². The molecule has 0 aliphatic carbocycles. The van der Waals surface area contributed by atoms with E-state index in [0.29, 0.717) is 19.4 Å². The van der Waals surface area contributed by atoms with E-state index >= 15 is 0 Å². The van der Waals surface area contributed by atoms with Gasteiger partial charge in [0.1, 0.15) is 0 Å². The molecule has 2 unspecified atom stereocenters. The van der Waals surface area contributed by atoms with Crippen LogP contribution in [0, 0.1) is 17.8 Å². The van der Waals surface area contributed by atoms with E-state index in [0.717, 1.165) is 5.56 Å². The van der Waals surface area contributed by atoms with Gasteiger partial charge in [-0.2, -0.15) is 0 Å². The second-order valence-corrected chi connectivity index (χ2v) is 5.02. The minimum Gasteiger partial charge on any atom is -0.481 e. The number of hydrogen-bond acceptors (Lipinski definition) is 2. The lowest BCUT2D eigenvalue weighted by atomic mass is 9.92. The summed E-state index contributed by atoms with van der Waals surface area (Å²) in [5.74, 6) is 4.11. The first-order chi connectivity index (χ1) is 9.58. The zero-order valence-electron chi connectivity index (χ0n) is 11.4. The van der Waals surface area contributed by atoms with Crippen molar-refractivity contribution in [2.45, 2.75) is 25.8 Å². The number of piperidine rings is 1. The summed E-state index contributed by atoms with van der Waals surface area (Å²) in [5.41, 5.74) is 0.800. The predicted molar refractivity (Wildman–Crippen MR) is 74.9 cm³/mol. The molecule has 4 heteroatoms. The Morgan fingerprint density at radius 2 is 2.00 bits per heavy atom. The Kier molecular flexibility index (Phi) is 4.41. The van der Waals surface area contributed by atoms with Crippen LogP contribution in [0.5, 0.6) is 0 Å². The molecule has 1 aliphatic heterocycles. The van der Waals surface area contributed by atoms with Gasteiger partial charge in [0.2, 0.25) is 0 Å². The normalized spacial score (nSPS) is 21.8. The van der Waals surface area contributed by atoms with Crippen molar-refractivity contribution in [1.29, 1.82) is 0 Å². The van der Waals surface area contributed by atoms with Crippen molar-refractivity contribution in [2.75, 3.05) is 6.54 Å². The van der Waals surface area contributed by atoms with E-state index in [9.17, 15) is 9.59 Å². The molecule has 1 aromatic rings. The first-order valence-corrected chi connectivity index (χ1v) is 6.68. The van der Waals surface area contributed by atoms with E-state index < -0.39 is 5.97 Å². The molecule has 1 aliphatic rings. The first kappa shape index (κ1) is 14.1. The molecule has 104 valence electrons. The van der Waals surface area contributed by atoms with Crippen LogP contribution >= 0.6 is 0 Å². The van der Waals surface area contributed by atoms with Gasteiger partial charge in [0.05, 0.1) is 5.92 Å². The summed E-state index contributed by atoms with van der Waals surface area (Å²) in [4.78, 5) is 24.7. The SMILES string of the molecule is CC1CC(C(=O)O)CCN1C(=O)C#Cc1ccccc1. The fourth-order valence-electron chi connectivity index (χ4n) is 2.42. The van der Waals surface area contributed by atoms with E-state index in [4.69, 9.17) is 5.11 Å². The number of amides is 1. The molecule has 1 fully saturated rings. The number of rotatable bonds is 1. The van der Waals surface area contributed by atoms with Crippen LogP contribution in [0.3, 0.4) is 0 Å². The third-order valence-electron chi connectivity index (χ3n) is 3.57. The number of carbonyl (C=O) groups excluding carboxylic acids is 1. The van der Waals surface area contributed by atoms with Crippen molar-refractivity contribution >= 4 is 11.9 Å². The van der Waals surface area contributed by atoms with Gasteiger partial charge >= 0.3 is 5.97 Å². The molecule has 0 aromatic heterocycles. The van der Waals surface area contributed by atoms with Crippen LogP contribution in [-0.4, -0.2) is 34.5 Å². The molecule has 1 heterocycles. The minimum atomic E-state index is -0.778.